The van der Waals surface area contributed by atoms with Crippen LogP contribution in [0, 0.1) is 0 Å². The zero-order valence-electron chi connectivity index (χ0n) is 23.3. The zero-order valence-corrected chi connectivity index (χ0v) is 27.2. The van der Waals surface area contributed by atoms with E-state index >= 15 is 0 Å². The summed E-state index contributed by atoms with van der Waals surface area (Å²) in [6.07, 6.45) is 1.40. The molecule has 0 aliphatic carbocycles. The van der Waals surface area contributed by atoms with Crippen LogP contribution in [0.25, 0.3) is 6.08 Å². The summed E-state index contributed by atoms with van der Waals surface area (Å²) in [5.74, 6) is -0.156. The Bertz CT molecular complexity index is 1740. The quantitative estimate of drug-likeness (QED) is 0.131. The van der Waals surface area contributed by atoms with Crippen molar-refractivity contribution in [2.75, 3.05) is 11.5 Å². The molecule has 0 atom stereocenters. The fraction of sp³-hybridized carbons (Fsp3) is 0.121. The maximum absolute atomic E-state index is 13.5. The monoisotopic (exact) mass is 738 g/mol. The number of ether oxygens (including phenoxy) is 3. The SMILES string of the molecule is CCOc1cc(/C=C2\C(=O)NC(=O)N(c3ccc(OCc4ccc(Br)cc4)cc3)C2=O)cc(Br)c1OCc1cccc(Cl)c1. The predicted molar refractivity (Wildman–Crippen MR) is 175 cm³/mol. The average Bonchev–Trinajstić information content (AvgIpc) is 2.99. The van der Waals surface area contributed by atoms with Crippen molar-refractivity contribution in [2.45, 2.75) is 20.1 Å². The molecule has 8 nitrogen and oxygen atoms in total. The largest absolute Gasteiger partial charge is 0.490 e. The molecule has 11 heteroatoms. The van der Waals surface area contributed by atoms with Crippen molar-refractivity contribution in [1.82, 2.24) is 5.32 Å². The molecule has 0 spiro atoms. The first-order valence-electron chi connectivity index (χ1n) is 13.4. The van der Waals surface area contributed by atoms with Crippen LogP contribution in [0.4, 0.5) is 10.5 Å². The third kappa shape index (κ3) is 7.50. The van der Waals surface area contributed by atoms with Gasteiger partial charge in [-0.1, -0.05) is 51.8 Å². The van der Waals surface area contributed by atoms with E-state index in [4.69, 9.17) is 25.8 Å². The Morgan fingerprint density at radius 2 is 1.57 bits per heavy atom. The number of hydrogen-bond donors (Lipinski definition) is 1. The molecular weight excluding hydrogens is 716 g/mol. The third-order valence-electron chi connectivity index (χ3n) is 6.43. The Hall–Kier alpha value is -4.12. The number of benzene rings is 4. The van der Waals surface area contributed by atoms with Crippen molar-refractivity contribution in [1.29, 1.82) is 0 Å². The van der Waals surface area contributed by atoms with E-state index in [0.29, 0.717) is 45.5 Å². The lowest BCUT2D eigenvalue weighted by atomic mass is 10.1. The smallest absolute Gasteiger partial charge is 0.335 e. The number of halogens is 3. The first kappa shape index (κ1) is 31.3. The van der Waals surface area contributed by atoms with Crippen LogP contribution in [-0.2, 0) is 22.8 Å². The number of nitrogens with zero attached hydrogens (tertiary/aromatic N) is 1. The molecule has 4 amide bonds. The molecule has 0 radical (unpaired) electrons. The molecule has 4 aromatic carbocycles. The first-order valence-corrected chi connectivity index (χ1v) is 15.4. The van der Waals surface area contributed by atoms with Crippen molar-refractivity contribution in [2.24, 2.45) is 0 Å². The standard InChI is InChI=1S/C33H25Br2ClN2O6/c1-2-42-29-17-22(16-28(35)30(29)44-19-21-4-3-5-24(36)14-21)15-27-31(39)37-33(41)38(32(27)40)25-10-12-26(13-11-25)43-18-20-6-8-23(34)9-7-20/h3-17H,2,18-19H2,1H3,(H,37,39,41)/b27-15+. The van der Waals surface area contributed by atoms with E-state index in [1.807, 2.05) is 43.3 Å². The lowest BCUT2D eigenvalue weighted by Gasteiger charge is -2.26. The normalized spacial score (nSPS) is 14.0. The predicted octanol–water partition coefficient (Wildman–Crippen LogP) is 8.09. The molecular formula is C33H25Br2ClN2O6. The number of carbonyl (C=O) groups excluding carboxylic acids is 3. The topological polar surface area (TPSA) is 94.2 Å². The van der Waals surface area contributed by atoms with Crippen LogP contribution in [0.3, 0.4) is 0 Å². The second kappa shape index (κ2) is 14.1. The molecule has 1 N–H and O–H groups in total. The number of barbiturate groups is 1. The molecule has 1 saturated heterocycles. The fourth-order valence-electron chi connectivity index (χ4n) is 4.35. The van der Waals surface area contributed by atoms with Gasteiger partial charge in [-0.05, 0) is 106 Å². The Labute approximate surface area is 275 Å². The summed E-state index contributed by atoms with van der Waals surface area (Å²) in [5, 5.41) is 2.85. The number of imide groups is 2. The van der Waals surface area contributed by atoms with Crippen LogP contribution in [0.15, 0.2) is 99.4 Å². The van der Waals surface area contributed by atoms with Gasteiger partial charge in [0.15, 0.2) is 11.5 Å². The van der Waals surface area contributed by atoms with E-state index in [2.05, 4.69) is 37.2 Å². The average molecular weight is 741 g/mol. The van der Waals surface area contributed by atoms with Gasteiger partial charge in [0.2, 0.25) is 0 Å². The molecule has 0 unspecified atom stereocenters. The van der Waals surface area contributed by atoms with Crippen LogP contribution >= 0.6 is 43.5 Å². The van der Waals surface area contributed by atoms with Crippen LogP contribution in [0.2, 0.25) is 5.02 Å². The van der Waals surface area contributed by atoms with Gasteiger partial charge in [0.05, 0.1) is 16.8 Å². The Balaban J connectivity index is 1.35. The molecule has 1 aliphatic rings. The van der Waals surface area contributed by atoms with Gasteiger partial charge in [-0.15, -0.1) is 0 Å². The highest BCUT2D eigenvalue weighted by Gasteiger charge is 2.37. The zero-order chi connectivity index (χ0) is 31.2. The number of carbonyl (C=O) groups is 3. The van der Waals surface area contributed by atoms with E-state index in [0.717, 1.165) is 20.5 Å². The second-order valence-electron chi connectivity index (χ2n) is 9.55. The minimum atomic E-state index is -0.846. The highest BCUT2D eigenvalue weighted by molar-refractivity contribution is 9.10. The van der Waals surface area contributed by atoms with Gasteiger partial charge in [0.25, 0.3) is 11.8 Å². The van der Waals surface area contributed by atoms with Gasteiger partial charge in [-0.2, -0.15) is 0 Å². The van der Waals surface area contributed by atoms with Crippen molar-refractivity contribution < 1.29 is 28.6 Å². The molecule has 4 aromatic rings. The van der Waals surface area contributed by atoms with E-state index in [1.54, 1.807) is 48.5 Å². The molecule has 224 valence electrons. The molecule has 44 heavy (non-hydrogen) atoms. The van der Waals surface area contributed by atoms with Crippen molar-refractivity contribution in [3.8, 4) is 17.2 Å². The molecule has 1 fully saturated rings. The number of anilines is 1. The summed E-state index contributed by atoms with van der Waals surface area (Å²) >= 11 is 13.0. The Morgan fingerprint density at radius 3 is 2.27 bits per heavy atom. The lowest BCUT2D eigenvalue weighted by Crippen LogP contribution is -2.54. The highest BCUT2D eigenvalue weighted by Crippen LogP contribution is 2.38. The summed E-state index contributed by atoms with van der Waals surface area (Å²) in [6, 6.07) is 24.0. The molecule has 0 saturated carbocycles. The van der Waals surface area contributed by atoms with Gasteiger partial charge in [-0.25, -0.2) is 9.69 Å². The summed E-state index contributed by atoms with van der Waals surface area (Å²) in [4.78, 5) is 39.9. The van der Waals surface area contributed by atoms with E-state index in [9.17, 15) is 14.4 Å². The van der Waals surface area contributed by atoms with E-state index < -0.39 is 17.8 Å². The minimum Gasteiger partial charge on any atom is -0.490 e. The Morgan fingerprint density at radius 1 is 0.841 bits per heavy atom. The molecule has 1 heterocycles. The summed E-state index contributed by atoms with van der Waals surface area (Å²) in [5.41, 5.74) is 2.40. The molecule has 0 aromatic heterocycles. The minimum absolute atomic E-state index is 0.220. The summed E-state index contributed by atoms with van der Waals surface area (Å²) in [7, 11) is 0. The van der Waals surface area contributed by atoms with Crippen LogP contribution in [-0.4, -0.2) is 24.5 Å². The third-order valence-corrected chi connectivity index (χ3v) is 7.78. The van der Waals surface area contributed by atoms with Gasteiger partial charge in [-0.3, -0.25) is 14.9 Å². The van der Waals surface area contributed by atoms with Gasteiger partial charge < -0.3 is 14.2 Å². The highest BCUT2D eigenvalue weighted by atomic mass is 79.9. The number of urea groups is 1. The number of rotatable bonds is 10. The van der Waals surface area contributed by atoms with E-state index in [-0.39, 0.29) is 17.9 Å². The fourth-order valence-corrected chi connectivity index (χ4v) is 5.41. The number of nitrogens with one attached hydrogen (secondary N) is 1. The molecule has 5 rings (SSSR count). The van der Waals surface area contributed by atoms with Gasteiger partial charge in [0, 0.05) is 9.50 Å². The van der Waals surface area contributed by atoms with Gasteiger partial charge in [0.1, 0.15) is 24.5 Å². The van der Waals surface area contributed by atoms with Crippen molar-refractivity contribution >= 4 is 73.1 Å². The van der Waals surface area contributed by atoms with Gasteiger partial charge >= 0.3 is 6.03 Å². The first-order chi connectivity index (χ1) is 21.2. The lowest BCUT2D eigenvalue weighted by molar-refractivity contribution is -0.122. The van der Waals surface area contributed by atoms with E-state index in [1.165, 1.54) is 6.08 Å². The molecule has 0 bridgehead atoms. The van der Waals surface area contributed by atoms with Crippen LogP contribution in [0.5, 0.6) is 17.2 Å². The van der Waals surface area contributed by atoms with Crippen LogP contribution in [0.1, 0.15) is 23.6 Å². The van der Waals surface area contributed by atoms with Crippen molar-refractivity contribution in [3.05, 3.63) is 121 Å². The summed E-state index contributed by atoms with van der Waals surface area (Å²) in [6.45, 7) is 2.77. The van der Waals surface area contributed by atoms with Crippen molar-refractivity contribution in [3.63, 3.8) is 0 Å². The molecule has 1 aliphatic heterocycles. The number of amides is 4. The second-order valence-corrected chi connectivity index (χ2v) is 11.8. The summed E-state index contributed by atoms with van der Waals surface area (Å²) < 4.78 is 19.2. The Kier molecular flexibility index (Phi) is 10.0. The number of hydrogen-bond acceptors (Lipinski definition) is 6. The maximum atomic E-state index is 13.5. The van der Waals surface area contributed by atoms with Crippen LogP contribution < -0.4 is 24.4 Å². The maximum Gasteiger partial charge on any atom is 0.335 e.